The van der Waals surface area contributed by atoms with E-state index in [1.807, 2.05) is 42.5 Å². The molecule has 2 heterocycles. The van der Waals surface area contributed by atoms with Crippen molar-refractivity contribution in [1.82, 2.24) is 17.2 Å². The molecule has 5 rings (SSSR count). The maximum atomic E-state index is 11.4. The smallest absolute Gasteiger partial charge is 0.339 e. The number of carboxylic acid groups (broad SMARTS) is 2. The third-order valence-corrected chi connectivity index (χ3v) is 6.35. The van der Waals surface area contributed by atoms with Gasteiger partial charge in [0.2, 0.25) is 0 Å². The molecule has 0 saturated carbocycles. The molecule has 0 radical (unpaired) electrons. The van der Waals surface area contributed by atoms with Crippen molar-refractivity contribution in [2.24, 2.45) is 0 Å². The fourth-order valence-electron chi connectivity index (χ4n) is 4.41. The molecule has 5 aromatic rings. The number of furan rings is 2. The van der Waals surface area contributed by atoms with Gasteiger partial charge in [-0.2, -0.15) is 0 Å². The summed E-state index contributed by atoms with van der Waals surface area (Å²) >= 11 is 0. The number of benzene rings is 3. The molecule has 0 fully saturated rings. The van der Waals surface area contributed by atoms with E-state index in [4.69, 9.17) is 8.83 Å². The predicted molar refractivity (Wildman–Crippen MR) is 155 cm³/mol. The lowest BCUT2D eigenvalue weighted by molar-refractivity contribution is 0.0682. The molecule has 0 spiro atoms. The summed E-state index contributed by atoms with van der Waals surface area (Å²) in [6, 6.07) is 25.6. The van der Waals surface area contributed by atoms with Crippen LogP contribution in [0.3, 0.4) is 0 Å². The van der Waals surface area contributed by atoms with Gasteiger partial charge in [0.05, 0.1) is 13.1 Å². The van der Waals surface area contributed by atoms with Crippen LogP contribution in [0.15, 0.2) is 99.8 Å². The van der Waals surface area contributed by atoms with E-state index in [2.05, 4.69) is 4.90 Å². The maximum absolute atomic E-state index is 11.4. The van der Waals surface area contributed by atoms with Gasteiger partial charge in [-0.05, 0) is 66.2 Å². The van der Waals surface area contributed by atoms with Crippen molar-refractivity contribution in [2.45, 2.75) is 19.6 Å². The zero-order chi connectivity index (χ0) is 28.2. The molecule has 0 aliphatic carbocycles. The van der Waals surface area contributed by atoms with E-state index in [1.54, 1.807) is 24.3 Å². The fourth-order valence-corrected chi connectivity index (χ4v) is 4.41. The van der Waals surface area contributed by atoms with Gasteiger partial charge in [0.15, 0.2) is 0 Å². The quantitative estimate of drug-likeness (QED) is 0.105. The van der Waals surface area contributed by atoms with Crippen LogP contribution in [0.1, 0.15) is 37.8 Å². The third kappa shape index (κ3) is 7.04. The highest BCUT2D eigenvalue weighted by Crippen LogP contribution is 2.30. The molecule has 0 unspecified atom stereocenters. The number of carboxylic acids is 2. The Kier molecular flexibility index (Phi) is 9.89. The molecule has 218 valence electrons. The molecule has 0 atom stereocenters. The third-order valence-electron chi connectivity index (χ3n) is 6.35. The SMILES string of the molecule is N.N.O=C(O)c1cc(-c2ccc(CN(Cc3ccccc3)Cc3ccc(-c4ccc(O)c(C(=O)O)c4)o3)o2)ccc1O. The first-order chi connectivity index (χ1) is 19.3. The van der Waals surface area contributed by atoms with Gasteiger partial charge in [0.1, 0.15) is 45.7 Å². The van der Waals surface area contributed by atoms with Crippen LogP contribution in [0.2, 0.25) is 0 Å². The molecule has 0 amide bonds. The van der Waals surface area contributed by atoms with E-state index in [0.717, 1.165) is 5.56 Å². The number of hydrogen-bond donors (Lipinski definition) is 6. The second kappa shape index (κ2) is 13.3. The monoisotopic (exact) mass is 573 g/mol. The Morgan fingerprint density at radius 1 is 0.595 bits per heavy atom. The Morgan fingerprint density at radius 2 is 1.05 bits per heavy atom. The van der Waals surface area contributed by atoms with Crippen LogP contribution in [0, 0.1) is 0 Å². The van der Waals surface area contributed by atoms with E-state index in [-0.39, 0.29) is 34.9 Å². The highest BCUT2D eigenvalue weighted by molar-refractivity contribution is 5.93. The Balaban J connectivity index is 0.00000242. The van der Waals surface area contributed by atoms with Gasteiger partial charge in [-0.1, -0.05) is 30.3 Å². The minimum Gasteiger partial charge on any atom is -0.507 e. The van der Waals surface area contributed by atoms with Crippen molar-refractivity contribution in [3.8, 4) is 34.1 Å². The van der Waals surface area contributed by atoms with Gasteiger partial charge in [-0.3, -0.25) is 4.90 Å². The summed E-state index contributed by atoms with van der Waals surface area (Å²) in [5, 5.41) is 38.3. The van der Waals surface area contributed by atoms with Crippen molar-refractivity contribution >= 4 is 11.9 Å². The first-order valence-electron chi connectivity index (χ1n) is 12.3. The van der Waals surface area contributed by atoms with Gasteiger partial charge < -0.3 is 41.6 Å². The molecular formula is C31H31N3O8. The van der Waals surface area contributed by atoms with Crippen molar-refractivity contribution < 1.29 is 38.8 Å². The zero-order valence-electron chi connectivity index (χ0n) is 22.6. The van der Waals surface area contributed by atoms with Crippen molar-refractivity contribution in [1.29, 1.82) is 0 Å². The molecule has 0 aliphatic rings. The molecule has 42 heavy (non-hydrogen) atoms. The Hall–Kier alpha value is -5.36. The van der Waals surface area contributed by atoms with Gasteiger partial charge in [-0.15, -0.1) is 0 Å². The maximum Gasteiger partial charge on any atom is 0.339 e. The minimum absolute atomic E-state index is 0. The Bertz CT molecular complexity index is 1570. The first-order valence-corrected chi connectivity index (χ1v) is 12.3. The normalized spacial score (nSPS) is 10.6. The van der Waals surface area contributed by atoms with Crippen LogP contribution in [0.4, 0.5) is 0 Å². The molecule has 0 bridgehead atoms. The van der Waals surface area contributed by atoms with Gasteiger partial charge in [0.25, 0.3) is 0 Å². The van der Waals surface area contributed by atoms with E-state index in [1.165, 1.54) is 24.3 Å². The summed E-state index contributed by atoms with van der Waals surface area (Å²) in [6.07, 6.45) is 0. The summed E-state index contributed by atoms with van der Waals surface area (Å²) in [4.78, 5) is 24.9. The molecule has 0 saturated heterocycles. The number of aromatic carboxylic acids is 2. The minimum atomic E-state index is -1.23. The number of aromatic hydroxyl groups is 2. The summed E-state index contributed by atoms with van der Waals surface area (Å²) in [5.74, 6) is -0.866. The summed E-state index contributed by atoms with van der Waals surface area (Å²) in [5.41, 5.74) is 1.72. The number of phenols is 2. The van der Waals surface area contributed by atoms with Crippen molar-refractivity contribution in [2.75, 3.05) is 0 Å². The van der Waals surface area contributed by atoms with Crippen LogP contribution < -0.4 is 12.3 Å². The molecule has 10 N–H and O–H groups in total. The highest BCUT2D eigenvalue weighted by atomic mass is 16.4. The number of carbonyl (C=O) groups is 2. The topological polar surface area (TPSA) is 215 Å². The van der Waals surface area contributed by atoms with Crippen LogP contribution in [-0.2, 0) is 19.6 Å². The van der Waals surface area contributed by atoms with E-state index in [9.17, 15) is 30.0 Å². The van der Waals surface area contributed by atoms with E-state index >= 15 is 0 Å². The number of hydrogen-bond acceptors (Lipinski definition) is 9. The molecular weight excluding hydrogens is 542 g/mol. The van der Waals surface area contributed by atoms with E-state index < -0.39 is 11.9 Å². The van der Waals surface area contributed by atoms with Crippen LogP contribution in [0.5, 0.6) is 11.5 Å². The summed E-state index contributed by atoms with van der Waals surface area (Å²) < 4.78 is 12.1. The lowest BCUT2D eigenvalue weighted by Crippen LogP contribution is -2.21. The van der Waals surface area contributed by atoms with Crippen molar-refractivity contribution in [3.05, 3.63) is 119 Å². The highest BCUT2D eigenvalue weighted by Gasteiger charge is 2.17. The fraction of sp³-hybridized carbons (Fsp3) is 0.0968. The Labute approximate surface area is 241 Å². The lowest BCUT2D eigenvalue weighted by Gasteiger charge is -2.20. The lowest BCUT2D eigenvalue weighted by atomic mass is 10.1. The van der Waals surface area contributed by atoms with E-state index in [0.29, 0.717) is 53.8 Å². The summed E-state index contributed by atoms with van der Waals surface area (Å²) in [7, 11) is 0. The average molecular weight is 574 g/mol. The van der Waals surface area contributed by atoms with Crippen LogP contribution >= 0.6 is 0 Å². The second-order valence-electron chi connectivity index (χ2n) is 9.24. The average Bonchev–Trinajstić information content (AvgIpc) is 3.59. The summed E-state index contributed by atoms with van der Waals surface area (Å²) in [6.45, 7) is 1.41. The van der Waals surface area contributed by atoms with Gasteiger partial charge in [-0.25, -0.2) is 9.59 Å². The molecule has 11 nitrogen and oxygen atoms in total. The zero-order valence-corrected chi connectivity index (χ0v) is 22.6. The van der Waals surface area contributed by atoms with Gasteiger partial charge >= 0.3 is 11.9 Å². The molecule has 0 aliphatic heterocycles. The predicted octanol–water partition coefficient (Wildman–Crippen LogP) is 6.54. The largest absolute Gasteiger partial charge is 0.507 e. The number of nitrogens with zero attached hydrogens (tertiary/aromatic N) is 1. The van der Waals surface area contributed by atoms with Gasteiger partial charge in [0, 0.05) is 17.7 Å². The first kappa shape index (κ1) is 31.2. The number of rotatable bonds is 10. The van der Waals surface area contributed by atoms with Crippen LogP contribution in [-0.4, -0.2) is 37.3 Å². The molecule has 2 aromatic heterocycles. The van der Waals surface area contributed by atoms with Crippen LogP contribution in [0.25, 0.3) is 22.6 Å². The standard InChI is InChI=1S/C31H25NO8.2H3N/c33-26-10-6-20(14-24(26)30(35)36)28-12-8-22(39-28)17-32(16-19-4-2-1-3-5-19)18-23-9-13-29(40-23)21-7-11-27(34)25(15-21)31(37)38;;/h1-15,33-34H,16-18H2,(H,35,36)(H,37,38);2*1H3. The molecule has 11 heteroatoms. The van der Waals surface area contributed by atoms with Crippen molar-refractivity contribution in [3.63, 3.8) is 0 Å². The Morgan fingerprint density at radius 3 is 1.48 bits per heavy atom. The molecule has 3 aromatic carbocycles. The second-order valence-corrected chi connectivity index (χ2v) is 9.24.